The van der Waals surface area contributed by atoms with Crippen molar-refractivity contribution in [3.05, 3.63) is 34.9 Å². The number of aliphatic hydroxyl groups excluding tert-OH is 1. The Labute approximate surface area is 124 Å². The van der Waals surface area contributed by atoms with Crippen LogP contribution in [0.2, 0.25) is 0 Å². The Hall–Kier alpha value is -0.820. The summed E-state index contributed by atoms with van der Waals surface area (Å²) in [6.45, 7) is 11.3. The molecule has 1 heteroatoms. The van der Waals surface area contributed by atoms with Gasteiger partial charge in [0.15, 0.2) is 0 Å². The number of hydrogen-bond acceptors (Lipinski definition) is 1. The topological polar surface area (TPSA) is 20.2 Å². The molecule has 0 aromatic heterocycles. The smallest absolute Gasteiger partial charge is 0.0571 e. The summed E-state index contributed by atoms with van der Waals surface area (Å²) in [7, 11) is 0. The van der Waals surface area contributed by atoms with E-state index in [9.17, 15) is 5.11 Å². The van der Waals surface area contributed by atoms with E-state index in [1.165, 1.54) is 23.1 Å². The Morgan fingerprint density at radius 1 is 1.10 bits per heavy atom. The predicted molar refractivity (Wildman–Crippen MR) is 85.9 cm³/mol. The zero-order valence-electron chi connectivity index (χ0n) is 13.7. The molecule has 0 spiro atoms. The number of rotatable bonds is 2. The summed E-state index contributed by atoms with van der Waals surface area (Å²) in [5.41, 5.74) is 4.46. The highest BCUT2D eigenvalue weighted by Crippen LogP contribution is 2.41. The van der Waals surface area contributed by atoms with E-state index < -0.39 is 0 Å². The van der Waals surface area contributed by atoms with Crippen LogP contribution < -0.4 is 0 Å². The number of benzene rings is 1. The molecule has 1 fully saturated rings. The van der Waals surface area contributed by atoms with Gasteiger partial charge in [0.25, 0.3) is 0 Å². The van der Waals surface area contributed by atoms with Crippen LogP contribution in [0.15, 0.2) is 18.2 Å². The second-order valence-electron chi connectivity index (χ2n) is 7.83. The van der Waals surface area contributed by atoms with Crippen LogP contribution in [-0.2, 0) is 6.42 Å². The summed E-state index contributed by atoms with van der Waals surface area (Å²) >= 11 is 0. The lowest BCUT2D eigenvalue weighted by atomic mass is 9.67. The highest BCUT2D eigenvalue weighted by atomic mass is 16.3. The molecule has 112 valence electrons. The first-order valence-corrected chi connectivity index (χ1v) is 8.01. The zero-order chi connectivity index (χ0) is 14.9. The van der Waals surface area contributed by atoms with Gasteiger partial charge in [-0.2, -0.15) is 0 Å². The van der Waals surface area contributed by atoms with E-state index >= 15 is 0 Å². The van der Waals surface area contributed by atoms with Crippen LogP contribution in [0, 0.1) is 31.1 Å². The molecule has 3 unspecified atom stereocenters. The fourth-order valence-corrected chi connectivity index (χ4v) is 3.49. The SMILES string of the molecule is Cc1ccc(CC2CC(C(C)(C)C)CCC2O)cc1C. The maximum absolute atomic E-state index is 10.3. The molecule has 0 aliphatic heterocycles. The molecule has 0 bridgehead atoms. The molecule has 3 atom stereocenters. The van der Waals surface area contributed by atoms with E-state index in [1.54, 1.807) is 0 Å². The fourth-order valence-electron chi connectivity index (χ4n) is 3.49. The monoisotopic (exact) mass is 274 g/mol. The highest BCUT2D eigenvalue weighted by molar-refractivity contribution is 5.30. The molecule has 1 aliphatic rings. The predicted octanol–water partition coefficient (Wildman–Crippen LogP) is 4.67. The van der Waals surface area contributed by atoms with Crippen molar-refractivity contribution in [2.45, 2.75) is 66.4 Å². The van der Waals surface area contributed by atoms with Crippen molar-refractivity contribution in [1.82, 2.24) is 0 Å². The minimum absolute atomic E-state index is 0.116. The van der Waals surface area contributed by atoms with Crippen molar-refractivity contribution in [1.29, 1.82) is 0 Å². The highest BCUT2D eigenvalue weighted by Gasteiger charge is 2.34. The summed E-state index contributed by atoms with van der Waals surface area (Å²) in [6.07, 6.45) is 4.22. The van der Waals surface area contributed by atoms with Gasteiger partial charge in [-0.05, 0) is 73.5 Å². The van der Waals surface area contributed by atoms with Crippen molar-refractivity contribution in [2.24, 2.45) is 17.3 Å². The van der Waals surface area contributed by atoms with Gasteiger partial charge in [0.05, 0.1) is 6.10 Å². The largest absolute Gasteiger partial charge is 0.393 e. The Morgan fingerprint density at radius 2 is 1.80 bits per heavy atom. The minimum atomic E-state index is -0.116. The van der Waals surface area contributed by atoms with E-state index in [1.807, 2.05) is 0 Å². The molecule has 1 aromatic carbocycles. The molecule has 1 N–H and O–H groups in total. The van der Waals surface area contributed by atoms with E-state index in [2.05, 4.69) is 52.8 Å². The Kier molecular flexibility index (Phi) is 4.59. The molecular formula is C19H30O. The van der Waals surface area contributed by atoms with Crippen LogP contribution in [-0.4, -0.2) is 11.2 Å². The first-order valence-electron chi connectivity index (χ1n) is 8.01. The molecule has 0 radical (unpaired) electrons. The Balaban J connectivity index is 2.08. The summed E-state index contributed by atoms with van der Waals surface area (Å²) in [5.74, 6) is 1.16. The van der Waals surface area contributed by atoms with E-state index in [4.69, 9.17) is 0 Å². The normalized spacial score (nSPS) is 27.6. The van der Waals surface area contributed by atoms with Gasteiger partial charge in [-0.3, -0.25) is 0 Å². The molecule has 1 saturated carbocycles. The third-order valence-corrected chi connectivity index (χ3v) is 5.24. The Morgan fingerprint density at radius 3 is 2.40 bits per heavy atom. The van der Waals surface area contributed by atoms with Crippen LogP contribution in [0.25, 0.3) is 0 Å². The number of aryl methyl sites for hydroxylation is 2. The van der Waals surface area contributed by atoms with Crippen LogP contribution >= 0.6 is 0 Å². The Bertz CT molecular complexity index is 455. The zero-order valence-corrected chi connectivity index (χ0v) is 13.7. The van der Waals surface area contributed by atoms with Gasteiger partial charge in [0.1, 0.15) is 0 Å². The summed E-state index contributed by atoms with van der Waals surface area (Å²) in [5, 5.41) is 10.3. The lowest BCUT2D eigenvalue weighted by molar-refractivity contribution is 0.0196. The molecule has 0 saturated heterocycles. The standard InChI is InChI=1S/C19H30O/c1-13-6-7-15(10-14(13)2)11-16-12-17(19(3,4)5)8-9-18(16)20/h6-7,10,16-18,20H,8-9,11-12H2,1-5H3. The summed E-state index contributed by atoms with van der Waals surface area (Å²) in [6, 6.07) is 6.74. The summed E-state index contributed by atoms with van der Waals surface area (Å²) < 4.78 is 0. The first kappa shape index (κ1) is 15.6. The van der Waals surface area contributed by atoms with Crippen LogP contribution in [0.3, 0.4) is 0 Å². The van der Waals surface area contributed by atoms with Gasteiger partial charge >= 0.3 is 0 Å². The second-order valence-corrected chi connectivity index (χ2v) is 7.83. The summed E-state index contributed by atoms with van der Waals surface area (Å²) in [4.78, 5) is 0. The molecule has 1 nitrogen and oxygen atoms in total. The van der Waals surface area contributed by atoms with Crippen molar-refractivity contribution >= 4 is 0 Å². The van der Waals surface area contributed by atoms with Crippen LogP contribution in [0.5, 0.6) is 0 Å². The number of aliphatic hydroxyl groups is 1. The third kappa shape index (κ3) is 3.63. The van der Waals surface area contributed by atoms with Gasteiger partial charge in [-0.1, -0.05) is 39.0 Å². The molecule has 0 heterocycles. The quantitative estimate of drug-likeness (QED) is 0.831. The minimum Gasteiger partial charge on any atom is -0.393 e. The maximum atomic E-state index is 10.3. The molecule has 2 rings (SSSR count). The van der Waals surface area contributed by atoms with Crippen LogP contribution in [0.4, 0.5) is 0 Å². The molecular weight excluding hydrogens is 244 g/mol. The van der Waals surface area contributed by atoms with Gasteiger partial charge in [0.2, 0.25) is 0 Å². The van der Waals surface area contributed by atoms with Crippen molar-refractivity contribution in [3.8, 4) is 0 Å². The first-order chi connectivity index (χ1) is 9.27. The number of hydrogen-bond donors (Lipinski definition) is 1. The van der Waals surface area contributed by atoms with E-state index in [-0.39, 0.29) is 6.10 Å². The lowest BCUT2D eigenvalue weighted by Crippen LogP contribution is -2.35. The van der Waals surface area contributed by atoms with Crippen molar-refractivity contribution in [2.75, 3.05) is 0 Å². The lowest BCUT2D eigenvalue weighted by Gasteiger charge is -2.40. The molecule has 0 amide bonds. The average molecular weight is 274 g/mol. The molecule has 1 aliphatic carbocycles. The molecule has 20 heavy (non-hydrogen) atoms. The van der Waals surface area contributed by atoms with Crippen LogP contribution in [0.1, 0.15) is 56.7 Å². The van der Waals surface area contributed by atoms with E-state index in [0.29, 0.717) is 11.3 Å². The maximum Gasteiger partial charge on any atom is 0.0571 e. The third-order valence-electron chi connectivity index (χ3n) is 5.24. The van der Waals surface area contributed by atoms with Crippen molar-refractivity contribution < 1.29 is 5.11 Å². The van der Waals surface area contributed by atoms with E-state index in [0.717, 1.165) is 25.2 Å². The van der Waals surface area contributed by atoms with Gasteiger partial charge in [-0.25, -0.2) is 0 Å². The van der Waals surface area contributed by atoms with Gasteiger partial charge in [-0.15, -0.1) is 0 Å². The fraction of sp³-hybridized carbons (Fsp3) is 0.684. The average Bonchev–Trinajstić information content (AvgIpc) is 2.35. The van der Waals surface area contributed by atoms with Gasteiger partial charge in [0, 0.05) is 0 Å². The molecule has 1 aromatic rings. The van der Waals surface area contributed by atoms with Crippen molar-refractivity contribution in [3.63, 3.8) is 0 Å². The second kappa shape index (κ2) is 5.89. The van der Waals surface area contributed by atoms with Gasteiger partial charge < -0.3 is 5.11 Å².